The number of rotatable bonds is 6. The van der Waals surface area contributed by atoms with E-state index in [0.29, 0.717) is 12.8 Å². The summed E-state index contributed by atoms with van der Waals surface area (Å²) in [6.45, 7) is 6.16. The van der Waals surface area contributed by atoms with Crippen molar-refractivity contribution in [3.63, 3.8) is 0 Å². The molecule has 1 atom stereocenters. The molecule has 0 aliphatic rings. The molecule has 0 rings (SSSR count). The van der Waals surface area contributed by atoms with E-state index in [1.807, 2.05) is 20.8 Å². The molecule has 0 fully saturated rings. The summed E-state index contributed by atoms with van der Waals surface area (Å²) in [5.74, 6) is 0.0322. The molecule has 0 bridgehead atoms. The van der Waals surface area contributed by atoms with Crippen molar-refractivity contribution in [3.8, 4) is 0 Å². The van der Waals surface area contributed by atoms with E-state index < -0.39 is 0 Å². The highest BCUT2D eigenvalue weighted by Crippen LogP contribution is 2.09. The van der Waals surface area contributed by atoms with Crippen LogP contribution in [0, 0.1) is 0 Å². The fourth-order valence-corrected chi connectivity index (χ4v) is 1.45. The van der Waals surface area contributed by atoms with Crippen molar-refractivity contribution in [1.29, 1.82) is 0 Å². The maximum absolute atomic E-state index is 11.1. The second-order valence-corrected chi connectivity index (χ2v) is 4.28. The molecule has 0 aromatic carbocycles. The summed E-state index contributed by atoms with van der Waals surface area (Å²) in [5, 5.41) is 14.7. The molecule has 0 radical (unpaired) electrons. The van der Waals surface area contributed by atoms with E-state index in [1.54, 1.807) is 7.05 Å². The minimum absolute atomic E-state index is 0.0322. The van der Waals surface area contributed by atoms with Crippen LogP contribution in [0.2, 0.25) is 0 Å². The lowest BCUT2D eigenvalue weighted by Crippen LogP contribution is -2.46. The second-order valence-electron chi connectivity index (χ2n) is 4.28. The maximum atomic E-state index is 11.1. The highest BCUT2D eigenvalue weighted by molar-refractivity contribution is 5.76. The first-order valence-electron chi connectivity index (χ1n) is 5.00. The quantitative estimate of drug-likeness (QED) is 0.579. The minimum Gasteiger partial charge on any atom is -0.396 e. The van der Waals surface area contributed by atoms with E-state index in [1.165, 1.54) is 0 Å². The van der Waals surface area contributed by atoms with Gasteiger partial charge >= 0.3 is 0 Å². The second kappa shape index (κ2) is 5.98. The first kappa shape index (κ1) is 13.4. The minimum atomic E-state index is -0.123. The van der Waals surface area contributed by atoms with E-state index in [2.05, 4.69) is 10.6 Å². The van der Waals surface area contributed by atoms with Gasteiger partial charge in [0, 0.05) is 31.7 Å². The molecule has 0 aromatic heterocycles. The van der Waals surface area contributed by atoms with Gasteiger partial charge in [-0.2, -0.15) is 0 Å². The molecule has 14 heavy (non-hydrogen) atoms. The molecule has 1 unspecified atom stereocenters. The van der Waals surface area contributed by atoms with Crippen LogP contribution < -0.4 is 10.6 Å². The lowest BCUT2D eigenvalue weighted by molar-refractivity contribution is -0.121. The summed E-state index contributed by atoms with van der Waals surface area (Å²) in [4.78, 5) is 11.1. The molecule has 4 nitrogen and oxygen atoms in total. The summed E-state index contributed by atoms with van der Waals surface area (Å²) >= 11 is 0. The number of hydrogen-bond acceptors (Lipinski definition) is 3. The number of carbonyl (C=O) groups excluding carboxylic acids is 1. The molecule has 4 heteroatoms. The summed E-state index contributed by atoms with van der Waals surface area (Å²) in [6.07, 6.45) is 1.15. The van der Waals surface area contributed by atoms with Crippen LogP contribution in [0.1, 0.15) is 33.6 Å². The summed E-state index contributed by atoms with van der Waals surface area (Å²) in [7, 11) is 1.63. The Labute approximate surface area is 86.1 Å². The van der Waals surface area contributed by atoms with Crippen LogP contribution in [-0.4, -0.2) is 36.2 Å². The van der Waals surface area contributed by atoms with Gasteiger partial charge in [0.1, 0.15) is 0 Å². The molecule has 0 saturated carbocycles. The van der Waals surface area contributed by atoms with Crippen molar-refractivity contribution < 1.29 is 9.90 Å². The average molecular weight is 202 g/mol. The number of nitrogens with one attached hydrogen (secondary N) is 2. The monoisotopic (exact) mass is 202 g/mol. The van der Waals surface area contributed by atoms with E-state index in [4.69, 9.17) is 5.11 Å². The normalized spacial score (nSPS) is 13.8. The van der Waals surface area contributed by atoms with Crippen LogP contribution in [0.15, 0.2) is 0 Å². The van der Waals surface area contributed by atoms with Crippen molar-refractivity contribution in [2.75, 3.05) is 13.7 Å². The molecular weight excluding hydrogens is 180 g/mol. The Morgan fingerprint density at radius 3 is 2.50 bits per heavy atom. The van der Waals surface area contributed by atoms with Crippen molar-refractivity contribution in [3.05, 3.63) is 0 Å². The molecule has 84 valence electrons. The molecule has 0 aliphatic heterocycles. The summed E-state index contributed by atoms with van der Waals surface area (Å²) < 4.78 is 0. The predicted octanol–water partition coefficient (Wildman–Crippen LogP) is 0.262. The smallest absolute Gasteiger partial charge is 0.221 e. The van der Waals surface area contributed by atoms with E-state index in [-0.39, 0.29) is 24.1 Å². The lowest BCUT2D eigenvalue weighted by atomic mass is 9.99. The summed E-state index contributed by atoms with van der Waals surface area (Å²) in [6, 6.07) is 0.122. The first-order chi connectivity index (χ1) is 6.41. The SMILES string of the molecule is CNC(=O)CC(C)NC(C)(C)CCO. The Morgan fingerprint density at radius 1 is 1.50 bits per heavy atom. The first-order valence-corrected chi connectivity index (χ1v) is 5.00. The third-order valence-corrected chi connectivity index (χ3v) is 2.14. The van der Waals surface area contributed by atoms with Crippen LogP contribution in [0.3, 0.4) is 0 Å². The topological polar surface area (TPSA) is 61.4 Å². The Balaban J connectivity index is 3.91. The highest BCUT2D eigenvalue weighted by Gasteiger charge is 2.20. The predicted molar refractivity (Wildman–Crippen MR) is 57.1 cm³/mol. The van der Waals surface area contributed by atoms with Gasteiger partial charge in [0.25, 0.3) is 0 Å². The van der Waals surface area contributed by atoms with Crippen LogP contribution in [0.4, 0.5) is 0 Å². The number of hydrogen-bond donors (Lipinski definition) is 3. The molecule has 0 aromatic rings. The molecule has 3 N–H and O–H groups in total. The lowest BCUT2D eigenvalue weighted by Gasteiger charge is -2.29. The van der Waals surface area contributed by atoms with Gasteiger partial charge in [-0.05, 0) is 27.2 Å². The molecule has 0 spiro atoms. The number of aliphatic hydroxyl groups is 1. The fraction of sp³-hybridized carbons (Fsp3) is 0.900. The number of amides is 1. The van der Waals surface area contributed by atoms with E-state index in [0.717, 1.165) is 0 Å². The molecular formula is C10H22N2O2. The van der Waals surface area contributed by atoms with Crippen molar-refractivity contribution in [1.82, 2.24) is 10.6 Å². The summed E-state index contributed by atoms with van der Waals surface area (Å²) in [5.41, 5.74) is -0.123. The molecule has 0 saturated heterocycles. The zero-order valence-corrected chi connectivity index (χ0v) is 9.55. The Morgan fingerprint density at radius 2 is 2.07 bits per heavy atom. The van der Waals surface area contributed by atoms with Gasteiger partial charge in [0.15, 0.2) is 0 Å². The Bertz CT molecular complexity index is 181. The van der Waals surface area contributed by atoms with E-state index >= 15 is 0 Å². The highest BCUT2D eigenvalue weighted by atomic mass is 16.3. The van der Waals surface area contributed by atoms with Crippen LogP contribution in [0.5, 0.6) is 0 Å². The number of carbonyl (C=O) groups is 1. The van der Waals surface area contributed by atoms with Gasteiger partial charge in [0.05, 0.1) is 0 Å². The molecule has 0 aliphatic carbocycles. The van der Waals surface area contributed by atoms with Gasteiger partial charge in [-0.15, -0.1) is 0 Å². The van der Waals surface area contributed by atoms with Crippen molar-refractivity contribution >= 4 is 5.91 Å². The van der Waals surface area contributed by atoms with Gasteiger partial charge in [-0.3, -0.25) is 4.79 Å². The largest absolute Gasteiger partial charge is 0.396 e. The van der Waals surface area contributed by atoms with Gasteiger partial charge in [-0.1, -0.05) is 0 Å². The molecule has 0 heterocycles. The zero-order chi connectivity index (χ0) is 11.2. The van der Waals surface area contributed by atoms with Gasteiger partial charge < -0.3 is 15.7 Å². The maximum Gasteiger partial charge on any atom is 0.221 e. The van der Waals surface area contributed by atoms with Gasteiger partial charge in [0.2, 0.25) is 5.91 Å². The van der Waals surface area contributed by atoms with Crippen LogP contribution in [-0.2, 0) is 4.79 Å². The van der Waals surface area contributed by atoms with Crippen molar-refractivity contribution in [2.45, 2.75) is 45.2 Å². The average Bonchev–Trinajstić information content (AvgIpc) is 2.02. The third kappa shape index (κ3) is 5.94. The fourth-order valence-electron chi connectivity index (χ4n) is 1.45. The van der Waals surface area contributed by atoms with Crippen LogP contribution >= 0.6 is 0 Å². The van der Waals surface area contributed by atoms with Crippen molar-refractivity contribution in [2.24, 2.45) is 0 Å². The molecule has 1 amide bonds. The van der Waals surface area contributed by atoms with E-state index in [9.17, 15) is 4.79 Å². The van der Waals surface area contributed by atoms with Crippen LogP contribution in [0.25, 0.3) is 0 Å². The Kier molecular flexibility index (Phi) is 5.72. The van der Waals surface area contributed by atoms with Gasteiger partial charge in [-0.25, -0.2) is 0 Å². The zero-order valence-electron chi connectivity index (χ0n) is 9.55. The Hall–Kier alpha value is -0.610. The standard InChI is InChI=1S/C10H22N2O2/c1-8(7-9(14)11-4)12-10(2,3)5-6-13/h8,12-13H,5-7H2,1-4H3,(H,11,14). The third-order valence-electron chi connectivity index (χ3n) is 2.14. The number of aliphatic hydroxyl groups excluding tert-OH is 1.